The van der Waals surface area contributed by atoms with Crippen LogP contribution in [0.4, 0.5) is 0 Å². The second-order valence-electron chi connectivity index (χ2n) is 4.62. The van der Waals surface area contributed by atoms with Crippen molar-refractivity contribution in [2.45, 2.75) is 31.8 Å². The van der Waals surface area contributed by atoms with Crippen LogP contribution in [0.2, 0.25) is 5.02 Å². The third-order valence-corrected chi connectivity index (χ3v) is 3.33. The normalized spacial score (nSPS) is 19.1. The smallest absolute Gasteiger partial charge is 0.303 e. The van der Waals surface area contributed by atoms with Crippen LogP contribution in [0, 0.1) is 0 Å². The van der Waals surface area contributed by atoms with E-state index < -0.39 is 5.97 Å². The standard InChI is InChI=1S/C14H17ClO4/c15-12-8-10(4-6-14(16)17)3-5-13(12)19-11-2-1-7-18-9-11/h3,5,8,11H,1-2,4,6-7,9H2,(H,16,17). The molecular formula is C14H17ClO4. The Morgan fingerprint density at radius 1 is 1.53 bits per heavy atom. The van der Waals surface area contributed by atoms with Gasteiger partial charge < -0.3 is 14.6 Å². The highest BCUT2D eigenvalue weighted by molar-refractivity contribution is 6.32. The van der Waals surface area contributed by atoms with Crippen molar-refractivity contribution in [2.75, 3.05) is 13.2 Å². The Balaban J connectivity index is 1.96. The first kappa shape index (κ1) is 14.2. The first-order valence-electron chi connectivity index (χ1n) is 6.40. The number of hydrogen-bond donors (Lipinski definition) is 1. The summed E-state index contributed by atoms with van der Waals surface area (Å²) in [6.07, 6.45) is 2.60. The zero-order valence-corrected chi connectivity index (χ0v) is 11.4. The van der Waals surface area contributed by atoms with E-state index in [1.165, 1.54) is 0 Å². The highest BCUT2D eigenvalue weighted by atomic mass is 35.5. The van der Waals surface area contributed by atoms with Crippen molar-refractivity contribution >= 4 is 17.6 Å². The number of ether oxygens (including phenoxy) is 2. The molecule has 0 radical (unpaired) electrons. The molecular weight excluding hydrogens is 268 g/mol. The van der Waals surface area contributed by atoms with Gasteiger partial charge in [-0.2, -0.15) is 0 Å². The van der Waals surface area contributed by atoms with E-state index in [1.54, 1.807) is 12.1 Å². The average Bonchev–Trinajstić information content (AvgIpc) is 2.40. The van der Waals surface area contributed by atoms with E-state index >= 15 is 0 Å². The van der Waals surface area contributed by atoms with Gasteiger partial charge in [-0.05, 0) is 37.0 Å². The Morgan fingerprint density at radius 2 is 2.37 bits per heavy atom. The van der Waals surface area contributed by atoms with Crippen LogP contribution in [0.1, 0.15) is 24.8 Å². The SMILES string of the molecule is O=C(O)CCc1ccc(OC2CCCOC2)c(Cl)c1. The summed E-state index contributed by atoms with van der Waals surface area (Å²) in [6, 6.07) is 5.42. The van der Waals surface area contributed by atoms with Gasteiger partial charge in [0.15, 0.2) is 0 Å². The maximum Gasteiger partial charge on any atom is 0.303 e. The molecule has 2 rings (SSSR count). The van der Waals surface area contributed by atoms with E-state index in [0.717, 1.165) is 25.0 Å². The number of carboxylic acids is 1. The lowest BCUT2D eigenvalue weighted by atomic mass is 10.1. The molecule has 1 aromatic carbocycles. The third-order valence-electron chi connectivity index (χ3n) is 3.04. The molecule has 1 fully saturated rings. The minimum Gasteiger partial charge on any atom is -0.486 e. The van der Waals surface area contributed by atoms with E-state index in [4.69, 9.17) is 26.2 Å². The predicted molar refractivity (Wildman–Crippen MR) is 71.9 cm³/mol. The molecule has 0 amide bonds. The fourth-order valence-corrected chi connectivity index (χ4v) is 2.28. The molecule has 5 heteroatoms. The molecule has 1 atom stereocenters. The number of rotatable bonds is 5. The van der Waals surface area contributed by atoms with Crippen molar-refractivity contribution in [2.24, 2.45) is 0 Å². The molecule has 1 aliphatic heterocycles. The van der Waals surface area contributed by atoms with Gasteiger partial charge in [-0.1, -0.05) is 17.7 Å². The number of carbonyl (C=O) groups is 1. The fraction of sp³-hybridized carbons (Fsp3) is 0.500. The molecule has 0 bridgehead atoms. The molecule has 1 aromatic rings. The molecule has 1 saturated heterocycles. The molecule has 0 spiro atoms. The van der Waals surface area contributed by atoms with Crippen molar-refractivity contribution in [1.29, 1.82) is 0 Å². The van der Waals surface area contributed by atoms with Crippen LogP contribution in [0.5, 0.6) is 5.75 Å². The van der Waals surface area contributed by atoms with E-state index in [9.17, 15) is 4.79 Å². The summed E-state index contributed by atoms with van der Waals surface area (Å²) in [7, 11) is 0. The van der Waals surface area contributed by atoms with Gasteiger partial charge in [0, 0.05) is 13.0 Å². The van der Waals surface area contributed by atoms with Crippen molar-refractivity contribution in [3.05, 3.63) is 28.8 Å². The van der Waals surface area contributed by atoms with Crippen molar-refractivity contribution in [3.63, 3.8) is 0 Å². The summed E-state index contributed by atoms with van der Waals surface area (Å²) in [4.78, 5) is 10.5. The van der Waals surface area contributed by atoms with E-state index in [1.807, 2.05) is 6.07 Å². The summed E-state index contributed by atoms with van der Waals surface area (Å²) >= 11 is 6.15. The lowest BCUT2D eigenvalue weighted by molar-refractivity contribution is -0.136. The lowest BCUT2D eigenvalue weighted by Gasteiger charge is -2.23. The fourth-order valence-electron chi connectivity index (χ4n) is 2.03. The minimum absolute atomic E-state index is 0.0520. The molecule has 104 valence electrons. The molecule has 0 aliphatic carbocycles. The van der Waals surface area contributed by atoms with Gasteiger partial charge in [0.1, 0.15) is 11.9 Å². The third kappa shape index (κ3) is 4.40. The summed E-state index contributed by atoms with van der Waals surface area (Å²) in [5.41, 5.74) is 0.902. The zero-order valence-electron chi connectivity index (χ0n) is 10.6. The summed E-state index contributed by atoms with van der Waals surface area (Å²) in [5.74, 6) is -0.174. The van der Waals surface area contributed by atoms with Gasteiger partial charge >= 0.3 is 5.97 Å². The maximum absolute atomic E-state index is 10.5. The number of halogens is 1. The van der Waals surface area contributed by atoms with Gasteiger partial charge in [-0.3, -0.25) is 4.79 Å². The molecule has 1 aliphatic rings. The Morgan fingerprint density at radius 3 is 3.00 bits per heavy atom. The van der Waals surface area contributed by atoms with Crippen LogP contribution < -0.4 is 4.74 Å². The van der Waals surface area contributed by atoms with Crippen LogP contribution in [-0.2, 0) is 16.0 Å². The number of aryl methyl sites for hydroxylation is 1. The second-order valence-corrected chi connectivity index (χ2v) is 5.02. The van der Waals surface area contributed by atoms with E-state index in [-0.39, 0.29) is 12.5 Å². The summed E-state index contributed by atoms with van der Waals surface area (Å²) in [5, 5.41) is 9.17. The molecule has 1 heterocycles. The van der Waals surface area contributed by atoms with E-state index in [0.29, 0.717) is 23.8 Å². The monoisotopic (exact) mass is 284 g/mol. The zero-order chi connectivity index (χ0) is 13.7. The number of benzene rings is 1. The molecule has 1 unspecified atom stereocenters. The number of hydrogen-bond acceptors (Lipinski definition) is 3. The van der Waals surface area contributed by atoms with Crippen LogP contribution in [0.15, 0.2) is 18.2 Å². The van der Waals surface area contributed by atoms with Gasteiger partial charge in [0.05, 0.1) is 11.6 Å². The Hall–Kier alpha value is -1.26. The highest BCUT2D eigenvalue weighted by Crippen LogP contribution is 2.28. The molecule has 0 saturated carbocycles. The van der Waals surface area contributed by atoms with Crippen molar-refractivity contribution in [3.8, 4) is 5.75 Å². The number of carboxylic acid groups (broad SMARTS) is 1. The lowest BCUT2D eigenvalue weighted by Crippen LogP contribution is -2.28. The Labute approximate surface area is 117 Å². The quantitative estimate of drug-likeness (QED) is 0.903. The maximum atomic E-state index is 10.5. The number of aliphatic carboxylic acids is 1. The van der Waals surface area contributed by atoms with Crippen LogP contribution >= 0.6 is 11.6 Å². The molecule has 0 aromatic heterocycles. The summed E-state index contributed by atoms with van der Waals surface area (Å²) < 4.78 is 11.1. The van der Waals surface area contributed by atoms with Gasteiger partial charge in [0.2, 0.25) is 0 Å². The first-order chi connectivity index (χ1) is 9.15. The van der Waals surface area contributed by atoms with E-state index in [2.05, 4.69) is 0 Å². The van der Waals surface area contributed by atoms with Crippen LogP contribution in [0.25, 0.3) is 0 Å². The average molecular weight is 285 g/mol. The molecule has 4 nitrogen and oxygen atoms in total. The van der Waals surface area contributed by atoms with Gasteiger partial charge in [0.25, 0.3) is 0 Å². The van der Waals surface area contributed by atoms with Crippen molar-refractivity contribution in [1.82, 2.24) is 0 Å². The van der Waals surface area contributed by atoms with Crippen LogP contribution in [-0.4, -0.2) is 30.4 Å². The van der Waals surface area contributed by atoms with Gasteiger partial charge in [-0.15, -0.1) is 0 Å². The minimum atomic E-state index is -0.809. The summed E-state index contributed by atoms with van der Waals surface area (Å²) in [6.45, 7) is 1.39. The Bertz CT molecular complexity index is 441. The van der Waals surface area contributed by atoms with Crippen molar-refractivity contribution < 1.29 is 19.4 Å². The highest BCUT2D eigenvalue weighted by Gasteiger charge is 2.16. The van der Waals surface area contributed by atoms with Crippen LogP contribution in [0.3, 0.4) is 0 Å². The second kappa shape index (κ2) is 6.78. The Kier molecular flexibility index (Phi) is 5.05. The van der Waals surface area contributed by atoms with Gasteiger partial charge in [-0.25, -0.2) is 0 Å². The first-order valence-corrected chi connectivity index (χ1v) is 6.77. The topological polar surface area (TPSA) is 55.8 Å². The largest absolute Gasteiger partial charge is 0.486 e. The molecule has 19 heavy (non-hydrogen) atoms. The molecule has 1 N–H and O–H groups in total. The predicted octanol–water partition coefficient (Wildman–Crippen LogP) is 2.92.